The molecule has 194 valence electrons. The van der Waals surface area contributed by atoms with E-state index in [9.17, 15) is 10.2 Å². The lowest BCUT2D eigenvalue weighted by Gasteiger charge is -2.62. The van der Waals surface area contributed by atoms with Gasteiger partial charge in [0.15, 0.2) is 0 Å². The highest BCUT2D eigenvalue weighted by Crippen LogP contribution is 2.66. The predicted octanol–water partition coefficient (Wildman–Crippen LogP) is 5.07. The second-order valence-electron chi connectivity index (χ2n) is 14.1. The van der Waals surface area contributed by atoms with Gasteiger partial charge in [0.2, 0.25) is 0 Å². The fraction of sp³-hybridized carbons (Fsp3) is 1.00. The van der Waals surface area contributed by atoms with Crippen LogP contribution in [0, 0.1) is 34.5 Å². The van der Waals surface area contributed by atoms with E-state index in [1.807, 2.05) is 0 Å². The van der Waals surface area contributed by atoms with E-state index in [0.717, 1.165) is 18.3 Å². The molecule has 0 bridgehead atoms. The van der Waals surface area contributed by atoms with Crippen molar-refractivity contribution in [1.82, 2.24) is 9.80 Å². The van der Waals surface area contributed by atoms with Crippen molar-refractivity contribution in [2.75, 3.05) is 26.2 Å². The first-order valence-electron chi connectivity index (χ1n) is 15.3. The molecule has 6 fully saturated rings. The summed E-state index contributed by atoms with van der Waals surface area (Å²) in [5, 5.41) is 23.0. The maximum absolute atomic E-state index is 11.7. The first-order valence-corrected chi connectivity index (χ1v) is 15.3. The quantitative estimate of drug-likeness (QED) is 0.589. The van der Waals surface area contributed by atoms with Crippen LogP contribution in [0.3, 0.4) is 0 Å². The molecule has 2 N–H and O–H groups in total. The van der Waals surface area contributed by atoms with Crippen LogP contribution in [0.15, 0.2) is 0 Å². The van der Waals surface area contributed by atoms with Gasteiger partial charge in [-0.05, 0) is 131 Å². The number of likely N-dealkylation sites (tertiary alicyclic amines) is 2. The summed E-state index contributed by atoms with van der Waals surface area (Å²) in [6.07, 6.45) is 17.7. The molecule has 0 aromatic heterocycles. The molecule has 0 unspecified atom stereocenters. The maximum atomic E-state index is 11.7. The molecule has 2 aliphatic heterocycles. The highest BCUT2D eigenvalue weighted by Gasteiger charge is 2.63. The van der Waals surface area contributed by atoms with Gasteiger partial charge >= 0.3 is 0 Å². The van der Waals surface area contributed by atoms with E-state index in [-0.39, 0.29) is 17.6 Å². The monoisotopic (exact) mass is 472 g/mol. The molecule has 4 heteroatoms. The average Bonchev–Trinajstić information content (AvgIpc) is 3.00. The number of piperidine rings is 1. The van der Waals surface area contributed by atoms with Gasteiger partial charge < -0.3 is 10.2 Å². The summed E-state index contributed by atoms with van der Waals surface area (Å²) >= 11 is 0. The van der Waals surface area contributed by atoms with Crippen LogP contribution in [-0.4, -0.2) is 70.5 Å². The fourth-order valence-electron chi connectivity index (χ4n) is 10.7. The van der Waals surface area contributed by atoms with Crippen molar-refractivity contribution in [3.63, 3.8) is 0 Å². The number of rotatable bonds is 2. The maximum Gasteiger partial charge on any atom is 0.0751 e. The molecule has 6 rings (SSSR count). The smallest absolute Gasteiger partial charge is 0.0751 e. The summed E-state index contributed by atoms with van der Waals surface area (Å²) in [5.41, 5.74) is 0.485. The molecule has 6 aliphatic rings. The zero-order chi connectivity index (χ0) is 23.5. The average molecular weight is 473 g/mol. The van der Waals surface area contributed by atoms with Gasteiger partial charge in [0.1, 0.15) is 0 Å². The molecule has 10 atom stereocenters. The van der Waals surface area contributed by atoms with Crippen molar-refractivity contribution < 1.29 is 10.2 Å². The van der Waals surface area contributed by atoms with Crippen molar-refractivity contribution >= 4 is 0 Å². The largest absolute Gasteiger partial charge is 0.391 e. The third-order valence-electron chi connectivity index (χ3n) is 12.6. The number of aliphatic hydroxyl groups excluding tert-OH is 2. The van der Waals surface area contributed by atoms with Crippen LogP contribution in [0.2, 0.25) is 0 Å². The lowest BCUT2D eigenvalue weighted by atomic mass is 9.44. The molecular formula is C30H52N2O2. The van der Waals surface area contributed by atoms with Gasteiger partial charge in [-0.25, -0.2) is 0 Å². The van der Waals surface area contributed by atoms with Crippen LogP contribution in [0.25, 0.3) is 0 Å². The molecule has 4 nitrogen and oxygen atoms in total. The van der Waals surface area contributed by atoms with Crippen LogP contribution >= 0.6 is 0 Å². The molecule has 0 radical (unpaired) electrons. The lowest BCUT2D eigenvalue weighted by Crippen LogP contribution is -2.60. The molecular weight excluding hydrogens is 420 g/mol. The molecule has 0 amide bonds. The Balaban J connectivity index is 1.23. The lowest BCUT2D eigenvalue weighted by molar-refractivity contribution is -0.154. The topological polar surface area (TPSA) is 46.9 Å². The van der Waals surface area contributed by atoms with E-state index >= 15 is 0 Å². The van der Waals surface area contributed by atoms with Gasteiger partial charge in [-0.3, -0.25) is 9.80 Å². The predicted molar refractivity (Wildman–Crippen MR) is 138 cm³/mol. The number of fused-ring (bicyclic) bond motifs is 5. The van der Waals surface area contributed by atoms with E-state index < -0.39 is 0 Å². The van der Waals surface area contributed by atoms with Gasteiger partial charge in [0.25, 0.3) is 0 Å². The molecule has 0 aromatic carbocycles. The van der Waals surface area contributed by atoms with Crippen molar-refractivity contribution in [1.29, 1.82) is 0 Å². The third kappa shape index (κ3) is 3.84. The SMILES string of the molecule is C[C@]12C[C@H](N3CCCCC3)[C@@H](O)C[C@@H]1CC[C@@H]1[C@@H]2CC[C@]2(C)[C@@H](O)[C@@H](N3CCCCCC3)C[C@@H]12. The van der Waals surface area contributed by atoms with Crippen LogP contribution in [-0.2, 0) is 0 Å². The van der Waals surface area contributed by atoms with E-state index in [4.69, 9.17) is 0 Å². The van der Waals surface area contributed by atoms with Crippen LogP contribution in [0.1, 0.15) is 104 Å². The van der Waals surface area contributed by atoms with Gasteiger partial charge in [-0.1, -0.05) is 33.1 Å². The van der Waals surface area contributed by atoms with Crippen LogP contribution in [0.4, 0.5) is 0 Å². The summed E-state index contributed by atoms with van der Waals surface area (Å²) in [6, 6.07) is 0.777. The van der Waals surface area contributed by atoms with Gasteiger partial charge in [-0.2, -0.15) is 0 Å². The number of nitrogens with zero attached hydrogens (tertiary/aromatic N) is 2. The normalized spacial score (nSPS) is 52.9. The van der Waals surface area contributed by atoms with Gasteiger partial charge in [0.05, 0.1) is 12.2 Å². The molecule has 2 heterocycles. The highest BCUT2D eigenvalue weighted by atomic mass is 16.3. The Labute approximate surface area is 208 Å². The third-order valence-corrected chi connectivity index (χ3v) is 12.6. The Hall–Kier alpha value is -0.160. The summed E-state index contributed by atoms with van der Waals surface area (Å²) in [6.45, 7) is 9.90. The van der Waals surface area contributed by atoms with Gasteiger partial charge in [0, 0.05) is 12.1 Å². The van der Waals surface area contributed by atoms with Crippen LogP contribution in [0.5, 0.6) is 0 Å². The summed E-state index contributed by atoms with van der Waals surface area (Å²) in [7, 11) is 0. The van der Waals surface area contributed by atoms with Crippen molar-refractivity contribution in [3.8, 4) is 0 Å². The Morgan fingerprint density at radius 1 is 0.647 bits per heavy atom. The minimum absolute atomic E-state index is 0.113. The Morgan fingerprint density at radius 2 is 1.26 bits per heavy atom. The summed E-state index contributed by atoms with van der Waals surface area (Å²) in [5.74, 6) is 2.96. The number of aliphatic hydroxyl groups is 2. The molecule has 4 saturated carbocycles. The van der Waals surface area contributed by atoms with E-state index in [2.05, 4.69) is 23.6 Å². The highest BCUT2D eigenvalue weighted by molar-refractivity contribution is 5.14. The molecule has 2 saturated heterocycles. The molecule has 0 spiro atoms. The summed E-state index contributed by atoms with van der Waals surface area (Å²) < 4.78 is 0. The Kier molecular flexibility index (Phi) is 6.62. The molecule has 4 aliphatic carbocycles. The van der Waals surface area contributed by atoms with Crippen LogP contribution < -0.4 is 0 Å². The second-order valence-corrected chi connectivity index (χ2v) is 14.1. The second kappa shape index (κ2) is 9.30. The zero-order valence-electron chi connectivity index (χ0n) is 22.1. The Bertz CT molecular complexity index is 717. The minimum atomic E-state index is -0.142. The van der Waals surface area contributed by atoms with E-state index in [0.29, 0.717) is 29.3 Å². The molecule has 34 heavy (non-hydrogen) atoms. The summed E-state index contributed by atoms with van der Waals surface area (Å²) in [4.78, 5) is 5.37. The number of hydrogen-bond acceptors (Lipinski definition) is 4. The zero-order valence-corrected chi connectivity index (χ0v) is 22.1. The van der Waals surface area contributed by atoms with Crippen molar-refractivity contribution in [2.24, 2.45) is 34.5 Å². The first kappa shape index (κ1) is 24.2. The molecule has 0 aromatic rings. The van der Waals surface area contributed by atoms with Crippen molar-refractivity contribution in [3.05, 3.63) is 0 Å². The first-order chi connectivity index (χ1) is 16.4. The minimum Gasteiger partial charge on any atom is -0.391 e. The number of hydrogen-bond donors (Lipinski definition) is 2. The van der Waals surface area contributed by atoms with Gasteiger partial charge in [-0.15, -0.1) is 0 Å². The van der Waals surface area contributed by atoms with E-state index in [1.54, 1.807) is 0 Å². The fourth-order valence-corrected chi connectivity index (χ4v) is 10.7. The standard InChI is InChI=1S/C30H52N2O2/c1-29-13-12-23-22(24(29)19-25(28(29)34)31-14-6-3-4-7-15-31)11-10-21-18-27(33)26(20-30(21,23)2)32-16-8-5-9-17-32/h21-28,33-34H,3-20H2,1-2H3/t21-,22+,23-,24-,25-,26-,27-,28-,29-,30-/m0/s1. The van der Waals surface area contributed by atoms with Crippen molar-refractivity contribution in [2.45, 2.75) is 128 Å². The Morgan fingerprint density at radius 3 is 1.94 bits per heavy atom. The van der Waals surface area contributed by atoms with E-state index in [1.165, 1.54) is 110 Å².